The Morgan fingerprint density at radius 1 is 1.46 bits per heavy atom. The predicted octanol–water partition coefficient (Wildman–Crippen LogP) is 1.97. The predicted molar refractivity (Wildman–Crippen MR) is 55.6 cm³/mol. The van der Waals surface area contributed by atoms with E-state index in [0.29, 0.717) is 0 Å². The molecule has 4 nitrogen and oxygen atoms in total. The van der Waals surface area contributed by atoms with Gasteiger partial charge in [0.15, 0.2) is 28.8 Å². The van der Waals surface area contributed by atoms with Gasteiger partial charge in [0.1, 0.15) is 4.90 Å². The molecule has 0 saturated heterocycles. The quantitative estimate of drug-likeness (QED) is 0.670. The van der Waals surface area contributed by atoms with E-state index in [1.165, 1.54) is 12.1 Å². The standard InChI is InChI=1S/C7H7IO4S/c1-5-2-3-6(12-8)7(4-5)13(9,10)11/h2-4H,1H3,(H,9,10,11). The second-order valence-electron chi connectivity index (χ2n) is 2.50. The summed E-state index contributed by atoms with van der Waals surface area (Å²) in [6.07, 6.45) is 0. The van der Waals surface area contributed by atoms with Crippen LogP contribution in [0.2, 0.25) is 0 Å². The van der Waals surface area contributed by atoms with Crippen LogP contribution in [-0.2, 0) is 10.1 Å². The van der Waals surface area contributed by atoms with Crippen molar-refractivity contribution in [3.8, 4) is 5.75 Å². The van der Waals surface area contributed by atoms with Crippen LogP contribution < -0.4 is 3.07 Å². The number of aryl methyl sites for hydroxylation is 1. The van der Waals surface area contributed by atoms with Crippen LogP contribution in [0.3, 0.4) is 0 Å². The highest BCUT2D eigenvalue weighted by Crippen LogP contribution is 2.25. The second-order valence-corrected chi connectivity index (χ2v) is 4.33. The maximum atomic E-state index is 10.8. The summed E-state index contributed by atoms with van der Waals surface area (Å²) in [7, 11) is -4.20. The van der Waals surface area contributed by atoms with Crippen LogP contribution in [0.5, 0.6) is 5.75 Å². The van der Waals surface area contributed by atoms with Crippen LogP contribution in [0.25, 0.3) is 0 Å². The van der Waals surface area contributed by atoms with Gasteiger partial charge in [-0.15, -0.1) is 0 Å². The van der Waals surface area contributed by atoms with E-state index in [2.05, 4.69) is 0 Å². The van der Waals surface area contributed by atoms with Gasteiger partial charge >= 0.3 is 0 Å². The highest BCUT2D eigenvalue weighted by Gasteiger charge is 2.16. The number of hydrogen-bond donors (Lipinski definition) is 1. The van der Waals surface area contributed by atoms with Gasteiger partial charge in [-0.2, -0.15) is 8.42 Å². The first kappa shape index (κ1) is 10.7. The highest BCUT2D eigenvalue weighted by molar-refractivity contribution is 14.1. The van der Waals surface area contributed by atoms with Gasteiger partial charge in [0.2, 0.25) is 0 Å². The molecule has 0 radical (unpaired) electrons. The molecule has 72 valence electrons. The van der Waals surface area contributed by atoms with Gasteiger partial charge in [0.25, 0.3) is 10.1 Å². The molecule has 0 amide bonds. The Balaban J connectivity index is 3.41. The SMILES string of the molecule is Cc1ccc(OI)c(S(=O)(=O)O)c1. The summed E-state index contributed by atoms with van der Waals surface area (Å²) in [4.78, 5) is -0.207. The van der Waals surface area contributed by atoms with Crippen molar-refractivity contribution < 1.29 is 16.0 Å². The molecule has 1 aromatic carbocycles. The van der Waals surface area contributed by atoms with Crippen LogP contribution in [0.4, 0.5) is 0 Å². The van der Waals surface area contributed by atoms with E-state index >= 15 is 0 Å². The van der Waals surface area contributed by atoms with Gasteiger partial charge in [0.05, 0.1) is 0 Å². The average molecular weight is 314 g/mol. The summed E-state index contributed by atoms with van der Waals surface area (Å²) in [5.41, 5.74) is 0.741. The zero-order valence-corrected chi connectivity index (χ0v) is 9.66. The zero-order valence-electron chi connectivity index (χ0n) is 6.69. The van der Waals surface area contributed by atoms with Crippen molar-refractivity contribution in [1.82, 2.24) is 0 Å². The molecule has 0 fully saturated rings. The molecular formula is C7H7IO4S. The molecule has 0 unspecified atom stereocenters. The molecule has 0 aliphatic rings. The first-order valence-corrected chi connectivity index (χ1v) is 5.64. The molecule has 0 spiro atoms. The molecule has 1 aromatic rings. The maximum absolute atomic E-state index is 10.8. The molecule has 6 heteroatoms. The van der Waals surface area contributed by atoms with E-state index in [4.69, 9.17) is 7.62 Å². The number of hydrogen-bond acceptors (Lipinski definition) is 3. The fraction of sp³-hybridized carbons (Fsp3) is 0.143. The van der Waals surface area contributed by atoms with Gasteiger partial charge < -0.3 is 3.07 Å². The lowest BCUT2D eigenvalue weighted by molar-refractivity contribution is 0.480. The van der Waals surface area contributed by atoms with Crippen LogP contribution in [-0.4, -0.2) is 13.0 Å². The molecule has 0 aromatic heterocycles. The summed E-state index contributed by atoms with van der Waals surface area (Å²) < 4.78 is 35.2. The fourth-order valence-electron chi connectivity index (χ4n) is 0.881. The lowest BCUT2D eigenvalue weighted by atomic mass is 10.2. The van der Waals surface area contributed by atoms with Crippen molar-refractivity contribution in [2.75, 3.05) is 0 Å². The molecule has 1 rings (SSSR count). The van der Waals surface area contributed by atoms with Crippen LogP contribution in [0, 0.1) is 6.92 Å². The Kier molecular flexibility index (Phi) is 3.14. The third-order valence-corrected chi connectivity index (χ3v) is 2.81. The molecule has 0 aliphatic carbocycles. The highest BCUT2D eigenvalue weighted by atomic mass is 127. The van der Waals surface area contributed by atoms with Crippen LogP contribution in [0.15, 0.2) is 23.1 Å². The Morgan fingerprint density at radius 3 is 2.54 bits per heavy atom. The lowest BCUT2D eigenvalue weighted by Gasteiger charge is -2.04. The van der Waals surface area contributed by atoms with Crippen molar-refractivity contribution in [2.45, 2.75) is 11.8 Å². The monoisotopic (exact) mass is 314 g/mol. The minimum atomic E-state index is -4.20. The summed E-state index contributed by atoms with van der Waals surface area (Å²) in [6.45, 7) is 1.73. The van der Waals surface area contributed by atoms with Gasteiger partial charge in [-0.05, 0) is 24.6 Å². The van der Waals surface area contributed by atoms with Gasteiger partial charge in [-0.1, -0.05) is 6.07 Å². The van der Waals surface area contributed by atoms with E-state index in [0.717, 1.165) is 5.56 Å². The maximum Gasteiger partial charge on any atom is 0.298 e. The molecule has 0 aliphatic heterocycles. The molecule has 1 N–H and O–H groups in total. The third kappa shape index (κ3) is 2.55. The van der Waals surface area contributed by atoms with Gasteiger partial charge in [-0.25, -0.2) is 0 Å². The van der Waals surface area contributed by atoms with Crippen molar-refractivity contribution in [1.29, 1.82) is 0 Å². The van der Waals surface area contributed by atoms with E-state index < -0.39 is 10.1 Å². The second kappa shape index (κ2) is 3.81. The third-order valence-electron chi connectivity index (χ3n) is 1.46. The fourth-order valence-corrected chi connectivity index (χ4v) is 2.11. The summed E-state index contributed by atoms with van der Waals surface area (Å²) in [6, 6.07) is 4.54. The Hall–Kier alpha value is -0.340. The molecule has 0 bridgehead atoms. The Labute approximate surface area is 90.4 Å². The van der Waals surface area contributed by atoms with Crippen molar-refractivity contribution in [3.63, 3.8) is 0 Å². The average Bonchev–Trinajstić information content (AvgIpc) is 2.03. The minimum Gasteiger partial charge on any atom is -0.426 e. The first-order chi connectivity index (χ1) is 5.95. The summed E-state index contributed by atoms with van der Waals surface area (Å²) in [5.74, 6) is 0.133. The normalized spacial score (nSPS) is 11.3. The molecule has 0 atom stereocenters. The van der Waals surface area contributed by atoms with Crippen LogP contribution in [0.1, 0.15) is 5.56 Å². The van der Waals surface area contributed by atoms with E-state index in [9.17, 15) is 8.42 Å². The molecule has 13 heavy (non-hydrogen) atoms. The Morgan fingerprint density at radius 2 is 2.08 bits per heavy atom. The molecular weight excluding hydrogens is 307 g/mol. The molecule has 0 heterocycles. The first-order valence-electron chi connectivity index (χ1n) is 3.32. The smallest absolute Gasteiger partial charge is 0.298 e. The van der Waals surface area contributed by atoms with Crippen molar-refractivity contribution in [3.05, 3.63) is 23.8 Å². The minimum absolute atomic E-state index is 0.133. The van der Waals surface area contributed by atoms with Crippen molar-refractivity contribution >= 4 is 33.1 Å². The summed E-state index contributed by atoms with van der Waals surface area (Å²) in [5, 5.41) is 0. The van der Waals surface area contributed by atoms with Gasteiger partial charge in [-0.3, -0.25) is 4.55 Å². The van der Waals surface area contributed by atoms with Crippen LogP contribution >= 0.6 is 23.0 Å². The van der Waals surface area contributed by atoms with Gasteiger partial charge in [0, 0.05) is 0 Å². The van der Waals surface area contributed by atoms with E-state index in [1.807, 2.05) is 0 Å². The summed E-state index contributed by atoms with van der Waals surface area (Å²) >= 11 is 1.56. The molecule has 0 saturated carbocycles. The largest absolute Gasteiger partial charge is 0.426 e. The number of rotatable bonds is 2. The lowest BCUT2D eigenvalue weighted by Crippen LogP contribution is -2.00. The number of halogens is 1. The topological polar surface area (TPSA) is 63.6 Å². The van der Waals surface area contributed by atoms with E-state index in [1.54, 1.807) is 36.0 Å². The number of benzene rings is 1. The Bertz CT molecular complexity index is 413. The zero-order chi connectivity index (χ0) is 10.1. The van der Waals surface area contributed by atoms with E-state index in [-0.39, 0.29) is 10.6 Å². The van der Waals surface area contributed by atoms with Crippen molar-refractivity contribution in [2.24, 2.45) is 0 Å².